The molecule has 182 valence electrons. The Morgan fingerprint density at radius 1 is 1.09 bits per heavy atom. The predicted octanol–water partition coefficient (Wildman–Crippen LogP) is 4.21. The first-order chi connectivity index (χ1) is 17.0. The van der Waals surface area contributed by atoms with Crippen LogP contribution in [0.5, 0.6) is 0 Å². The van der Waals surface area contributed by atoms with Gasteiger partial charge in [0.15, 0.2) is 0 Å². The monoisotopic (exact) mass is 493 g/mol. The van der Waals surface area contributed by atoms with Crippen molar-refractivity contribution in [1.82, 2.24) is 15.6 Å². The minimum atomic E-state index is -0.963. The molecule has 35 heavy (non-hydrogen) atoms. The van der Waals surface area contributed by atoms with Crippen LogP contribution in [0.3, 0.4) is 0 Å². The molecule has 1 heterocycles. The van der Waals surface area contributed by atoms with E-state index in [9.17, 15) is 14.4 Å². The molecule has 0 bridgehead atoms. The lowest BCUT2D eigenvalue weighted by atomic mass is 9.98. The van der Waals surface area contributed by atoms with E-state index in [1.165, 1.54) is 22.5 Å². The number of nitrogens with one attached hydrogen (secondary N) is 2. The fraction of sp³-hybridized carbons (Fsp3) is 0.308. The number of aromatic nitrogens is 1. The van der Waals surface area contributed by atoms with Gasteiger partial charge < -0.3 is 20.5 Å². The first-order valence-corrected chi connectivity index (χ1v) is 12.4. The zero-order chi connectivity index (χ0) is 24.8. The molecule has 9 heteroatoms. The van der Waals surface area contributed by atoms with Crippen molar-refractivity contribution < 1.29 is 24.2 Å². The number of benzene rings is 2. The van der Waals surface area contributed by atoms with Gasteiger partial charge in [0.2, 0.25) is 0 Å². The van der Waals surface area contributed by atoms with Crippen molar-refractivity contribution in [2.75, 3.05) is 13.2 Å². The van der Waals surface area contributed by atoms with Gasteiger partial charge in [-0.2, -0.15) is 0 Å². The Morgan fingerprint density at radius 2 is 1.74 bits per heavy atom. The molecule has 0 radical (unpaired) electrons. The summed E-state index contributed by atoms with van der Waals surface area (Å²) < 4.78 is 5.53. The van der Waals surface area contributed by atoms with Crippen LogP contribution in [0.4, 0.5) is 4.79 Å². The Kier molecular flexibility index (Phi) is 7.77. The van der Waals surface area contributed by atoms with Crippen LogP contribution in [-0.4, -0.2) is 47.3 Å². The lowest BCUT2D eigenvalue weighted by Crippen LogP contribution is -2.36. The van der Waals surface area contributed by atoms with Crippen molar-refractivity contribution >= 4 is 29.3 Å². The standard InChI is InChI=1S/C26H27N3O5S/c1-2-16(13-24(30)31)28-25(32)22-15-35-23(29-22)11-12-27-26(33)34-14-21-19-9-5-3-7-17(19)18-8-4-6-10-20(18)21/h3-10,15-16,21H,2,11-14H2,1H3,(H,27,33)(H,28,32)(H,30,31). The second-order valence-electron chi connectivity index (χ2n) is 8.31. The molecular weight excluding hydrogens is 466 g/mol. The molecule has 4 rings (SSSR count). The van der Waals surface area contributed by atoms with E-state index in [-0.39, 0.29) is 24.6 Å². The third-order valence-corrected chi connectivity index (χ3v) is 6.89. The zero-order valence-electron chi connectivity index (χ0n) is 19.3. The fourth-order valence-electron chi connectivity index (χ4n) is 4.22. The number of hydrogen-bond donors (Lipinski definition) is 3. The molecular formula is C26H27N3O5S. The number of amides is 2. The van der Waals surface area contributed by atoms with Gasteiger partial charge in [0.05, 0.1) is 11.4 Å². The van der Waals surface area contributed by atoms with E-state index in [2.05, 4.69) is 39.9 Å². The molecule has 1 aromatic heterocycles. The van der Waals surface area contributed by atoms with Crippen LogP contribution in [0.2, 0.25) is 0 Å². The second kappa shape index (κ2) is 11.1. The summed E-state index contributed by atoms with van der Waals surface area (Å²) in [6.45, 7) is 2.38. The first kappa shape index (κ1) is 24.4. The number of alkyl carbamates (subject to hydrolysis) is 1. The van der Waals surface area contributed by atoms with Crippen LogP contribution >= 0.6 is 11.3 Å². The number of aliphatic carboxylic acids is 1. The van der Waals surface area contributed by atoms with Crippen LogP contribution in [0.25, 0.3) is 11.1 Å². The molecule has 1 aliphatic carbocycles. The SMILES string of the molecule is CCC(CC(=O)O)NC(=O)c1csc(CCNC(=O)OCC2c3ccccc3-c3ccccc32)n1. The van der Waals surface area contributed by atoms with Crippen LogP contribution in [0.15, 0.2) is 53.9 Å². The molecule has 2 aromatic carbocycles. The molecule has 3 N–H and O–H groups in total. The largest absolute Gasteiger partial charge is 0.481 e. The van der Waals surface area contributed by atoms with Crippen molar-refractivity contribution in [3.63, 3.8) is 0 Å². The van der Waals surface area contributed by atoms with Gasteiger partial charge in [0.25, 0.3) is 5.91 Å². The molecule has 1 unspecified atom stereocenters. The first-order valence-electron chi connectivity index (χ1n) is 11.5. The van der Waals surface area contributed by atoms with Crippen molar-refractivity contribution in [2.24, 2.45) is 0 Å². The molecule has 8 nitrogen and oxygen atoms in total. The molecule has 1 atom stereocenters. The highest BCUT2D eigenvalue weighted by Gasteiger charge is 2.29. The summed E-state index contributed by atoms with van der Waals surface area (Å²) in [5.74, 6) is -1.36. The average molecular weight is 494 g/mol. The number of thiazole rings is 1. The topological polar surface area (TPSA) is 118 Å². The highest BCUT2D eigenvalue weighted by atomic mass is 32.1. The van der Waals surface area contributed by atoms with E-state index in [0.717, 1.165) is 11.1 Å². The smallest absolute Gasteiger partial charge is 0.407 e. The van der Waals surface area contributed by atoms with Gasteiger partial charge in [-0.25, -0.2) is 9.78 Å². The highest BCUT2D eigenvalue weighted by Crippen LogP contribution is 2.44. The average Bonchev–Trinajstić information content (AvgIpc) is 3.45. The third kappa shape index (κ3) is 5.86. The van der Waals surface area contributed by atoms with E-state index in [4.69, 9.17) is 9.84 Å². The van der Waals surface area contributed by atoms with Gasteiger partial charge in [-0.1, -0.05) is 55.5 Å². The Balaban J connectivity index is 1.25. The molecule has 0 fully saturated rings. The summed E-state index contributed by atoms with van der Waals surface area (Å²) in [5.41, 5.74) is 4.91. The summed E-state index contributed by atoms with van der Waals surface area (Å²) >= 11 is 1.32. The normalized spacial score (nSPS) is 12.9. The van der Waals surface area contributed by atoms with E-state index < -0.39 is 24.0 Å². The van der Waals surface area contributed by atoms with Gasteiger partial charge in [-0.05, 0) is 28.7 Å². The highest BCUT2D eigenvalue weighted by molar-refractivity contribution is 7.09. The molecule has 3 aromatic rings. The van der Waals surface area contributed by atoms with Crippen LogP contribution in [0, 0.1) is 0 Å². The Labute approximate surface area is 207 Å². The number of rotatable bonds is 10. The third-order valence-electron chi connectivity index (χ3n) is 5.99. The maximum absolute atomic E-state index is 12.3. The van der Waals surface area contributed by atoms with Gasteiger partial charge in [-0.3, -0.25) is 9.59 Å². The number of carbonyl (C=O) groups excluding carboxylic acids is 2. The summed E-state index contributed by atoms with van der Waals surface area (Å²) in [7, 11) is 0. The summed E-state index contributed by atoms with van der Waals surface area (Å²) in [6.07, 6.45) is 0.331. The van der Waals surface area contributed by atoms with Gasteiger partial charge >= 0.3 is 12.1 Å². The number of fused-ring (bicyclic) bond motifs is 3. The van der Waals surface area contributed by atoms with Crippen LogP contribution in [-0.2, 0) is 16.0 Å². The minimum absolute atomic E-state index is 0.00116. The van der Waals surface area contributed by atoms with Gasteiger partial charge in [-0.15, -0.1) is 11.3 Å². The number of hydrogen-bond acceptors (Lipinski definition) is 6. The Hall–Kier alpha value is -3.72. The molecule has 0 aliphatic heterocycles. The second-order valence-corrected chi connectivity index (χ2v) is 9.25. The number of nitrogens with zero attached hydrogens (tertiary/aromatic N) is 1. The summed E-state index contributed by atoms with van der Waals surface area (Å²) in [4.78, 5) is 39.8. The summed E-state index contributed by atoms with van der Waals surface area (Å²) in [6, 6.07) is 15.9. The molecule has 1 aliphatic rings. The number of carbonyl (C=O) groups is 3. The fourth-order valence-corrected chi connectivity index (χ4v) is 5.00. The van der Waals surface area contributed by atoms with Gasteiger partial charge in [0.1, 0.15) is 12.3 Å². The lowest BCUT2D eigenvalue weighted by Gasteiger charge is -2.14. The number of ether oxygens (including phenoxy) is 1. The van der Waals surface area contributed by atoms with Crippen molar-refractivity contribution in [1.29, 1.82) is 0 Å². The van der Waals surface area contributed by atoms with Crippen molar-refractivity contribution in [2.45, 2.75) is 38.1 Å². The Morgan fingerprint density at radius 3 is 2.37 bits per heavy atom. The number of carboxylic acids is 1. The van der Waals surface area contributed by atoms with Crippen molar-refractivity contribution in [3.8, 4) is 11.1 Å². The molecule has 0 saturated carbocycles. The van der Waals surface area contributed by atoms with Crippen LogP contribution < -0.4 is 10.6 Å². The quantitative estimate of drug-likeness (QED) is 0.390. The maximum atomic E-state index is 12.3. The molecule has 0 saturated heterocycles. The Bertz CT molecular complexity index is 1180. The summed E-state index contributed by atoms with van der Waals surface area (Å²) in [5, 5.41) is 16.7. The van der Waals surface area contributed by atoms with E-state index >= 15 is 0 Å². The molecule has 2 amide bonds. The number of carboxylic acid groups (broad SMARTS) is 1. The van der Waals surface area contributed by atoms with Crippen molar-refractivity contribution in [3.05, 3.63) is 75.7 Å². The van der Waals surface area contributed by atoms with E-state index in [1.54, 1.807) is 5.38 Å². The van der Waals surface area contributed by atoms with E-state index in [1.807, 2.05) is 31.2 Å². The minimum Gasteiger partial charge on any atom is -0.481 e. The van der Waals surface area contributed by atoms with E-state index in [0.29, 0.717) is 24.4 Å². The van der Waals surface area contributed by atoms with Gasteiger partial charge in [0, 0.05) is 30.3 Å². The van der Waals surface area contributed by atoms with Crippen LogP contribution in [0.1, 0.15) is 52.3 Å². The lowest BCUT2D eigenvalue weighted by molar-refractivity contribution is -0.137. The predicted molar refractivity (Wildman–Crippen MR) is 133 cm³/mol. The molecule has 0 spiro atoms. The zero-order valence-corrected chi connectivity index (χ0v) is 20.1. The maximum Gasteiger partial charge on any atom is 0.407 e.